The molecule has 0 saturated carbocycles. The first-order valence-corrected chi connectivity index (χ1v) is 8.92. The molecule has 4 heteroatoms. The molecule has 0 aromatic heterocycles. The average Bonchev–Trinajstić information content (AvgIpc) is 3.10. The predicted octanol–water partition coefficient (Wildman–Crippen LogP) is 2.76. The fraction of sp³-hybridized carbons (Fsp3) is 0.632. The van der Waals surface area contributed by atoms with E-state index in [2.05, 4.69) is 29.2 Å². The number of hydrogen-bond donors (Lipinski definition) is 1. The summed E-state index contributed by atoms with van der Waals surface area (Å²) in [5.41, 5.74) is 6.79. The summed E-state index contributed by atoms with van der Waals surface area (Å²) in [6.07, 6.45) is 6.77. The van der Waals surface area contributed by atoms with Crippen molar-refractivity contribution < 1.29 is 9.53 Å². The zero-order valence-corrected chi connectivity index (χ0v) is 14.1. The number of nitrogens with two attached hydrogens (primary N) is 1. The number of hydrogen-bond acceptors (Lipinski definition) is 3. The van der Waals surface area contributed by atoms with Gasteiger partial charge in [-0.3, -0.25) is 4.79 Å². The molecule has 1 aliphatic heterocycles. The monoisotopic (exact) mass is 318 g/mol. The molecule has 1 atom stereocenters. The number of unbranched alkanes of at least 4 members (excludes halogenated alkanes) is 3. The number of benzene rings is 1. The van der Waals surface area contributed by atoms with Gasteiger partial charge >= 0.3 is 0 Å². The number of carbonyl (C=O) groups excluding carboxylic acids is 1. The molecule has 1 aromatic rings. The third-order valence-electron chi connectivity index (χ3n) is 4.50. The molecule has 1 amide bonds. The fourth-order valence-corrected chi connectivity index (χ4v) is 3.09. The van der Waals surface area contributed by atoms with Crippen LogP contribution >= 0.6 is 0 Å². The van der Waals surface area contributed by atoms with E-state index in [0.29, 0.717) is 13.0 Å². The molecule has 0 bridgehead atoms. The van der Waals surface area contributed by atoms with Crippen molar-refractivity contribution in [2.24, 2.45) is 5.73 Å². The van der Waals surface area contributed by atoms with E-state index >= 15 is 0 Å². The lowest BCUT2D eigenvalue weighted by atomic mass is 10.1. The minimum atomic E-state index is 0.259. The smallest absolute Gasteiger partial charge is 0.222 e. The Labute approximate surface area is 140 Å². The summed E-state index contributed by atoms with van der Waals surface area (Å²) in [4.78, 5) is 14.7. The van der Waals surface area contributed by atoms with Crippen molar-refractivity contribution >= 4 is 5.91 Å². The molecule has 1 unspecified atom stereocenters. The van der Waals surface area contributed by atoms with Crippen molar-refractivity contribution in [3.63, 3.8) is 0 Å². The van der Waals surface area contributed by atoms with E-state index < -0.39 is 0 Å². The Morgan fingerprint density at radius 2 is 1.96 bits per heavy atom. The van der Waals surface area contributed by atoms with Crippen LogP contribution in [0.15, 0.2) is 30.3 Å². The van der Waals surface area contributed by atoms with E-state index in [1.165, 1.54) is 5.56 Å². The number of ether oxygens (including phenoxy) is 1. The lowest BCUT2D eigenvalue weighted by Crippen LogP contribution is -2.42. The number of nitrogens with zero attached hydrogens (tertiary/aromatic N) is 1. The van der Waals surface area contributed by atoms with Gasteiger partial charge in [0.1, 0.15) is 0 Å². The van der Waals surface area contributed by atoms with Crippen LogP contribution in [0.4, 0.5) is 0 Å². The molecular formula is C19H30N2O2. The summed E-state index contributed by atoms with van der Waals surface area (Å²) >= 11 is 0. The minimum Gasteiger partial charge on any atom is -0.379 e. The Morgan fingerprint density at radius 3 is 2.65 bits per heavy atom. The minimum absolute atomic E-state index is 0.259. The number of rotatable bonds is 10. The van der Waals surface area contributed by atoms with Crippen LogP contribution in [0.2, 0.25) is 0 Å². The van der Waals surface area contributed by atoms with Gasteiger partial charge in [-0.15, -0.1) is 0 Å². The highest BCUT2D eigenvalue weighted by atomic mass is 16.5. The highest BCUT2D eigenvalue weighted by Crippen LogP contribution is 2.16. The average molecular weight is 318 g/mol. The standard InChI is InChI=1S/C19H30N2O2/c20-13-7-2-1-6-10-19(22)21(18-12-15-23-16-18)14-11-17-8-4-3-5-9-17/h3-5,8-9,18H,1-2,6-7,10-16,20H2. The second-order valence-electron chi connectivity index (χ2n) is 6.29. The van der Waals surface area contributed by atoms with Crippen LogP contribution in [0.5, 0.6) is 0 Å². The van der Waals surface area contributed by atoms with Gasteiger partial charge in [-0.1, -0.05) is 43.2 Å². The third-order valence-corrected chi connectivity index (χ3v) is 4.50. The number of amides is 1. The largest absolute Gasteiger partial charge is 0.379 e. The number of carbonyl (C=O) groups is 1. The fourth-order valence-electron chi connectivity index (χ4n) is 3.09. The molecule has 0 spiro atoms. The lowest BCUT2D eigenvalue weighted by molar-refractivity contribution is -0.133. The van der Waals surface area contributed by atoms with Gasteiger partial charge in [0.25, 0.3) is 0 Å². The van der Waals surface area contributed by atoms with Crippen molar-refractivity contribution in [1.82, 2.24) is 4.90 Å². The summed E-state index contributed by atoms with van der Waals surface area (Å²) in [6, 6.07) is 10.6. The molecule has 1 heterocycles. The van der Waals surface area contributed by atoms with E-state index in [-0.39, 0.29) is 11.9 Å². The Hall–Kier alpha value is -1.39. The highest BCUT2D eigenvalue weighted by Gasteiger charge is 2.26. The van der Waals surface area contributed by atoms with Crippen LogP contribution in [-0.4, -0.2) is 43.2 Å². The molecule has 4 nitrogen and oxygen atoms in total. The maximum atomic E-state index is 12.6. The van der Waals surface area contributed by atoms with Crippen LogP contribution < -0.4 is 5.73 Å². The summed E-state index contributed by atoms with van der Waals surface area (Å²) in [7, 11) is 0. The summed E-state index contributed by atoms with van der Waals surface area (Å²) in [6.45, 7) is 3.00. The van der Waals surface area contributed by atoms with Gasteiger partial charge in [-0.25, -0.2) is 0 Å². The molecule has 2 N–H and O–H groups in total. The first-order chi connectivity index (χ1) is 11.3. The maximum Gasteiger partial charge on any atom is 0.222 e. The van der Waals surface area contributed by atoms with Crippen LogP contribution in [0.1, 0.15) is 44.1 Å². The summed E-state index contributed by atoms with van der Waals surface area (Å²) in [5, 5.41) is 0. The highest BCUT2D eigenvalue weighted by molar-refractivity contribution is 5.76. The molecule has 0 radical (unpaired) electrons. The Morgan fingerprint density at radius 1 is 1.17 bits per heavy atom. The van der Waals surface area contributed by atoms with E-state index in [9.17, 15) is 4.79 Å². The normalized spacial score (nSPS) is 17.3. The van der Waals surface area contributed by atoms with E-state index in [1.807, 2.05) is 6.07 Å². The van der Waals surface area contributed by atoms with Crippen molar-refractivity contribution in [3.05, 3.63) is 35.9 Å². The third kappa shape index (κ3) is 6.32. The zero-order valence-electron chi connectivity index (χ0n) is 14.1. The first-order valence-electron chi connectivity index (χ1n) is 8.92. The molecule has 1 fully saturated rings. The molecule has 23 heavy (non-hydrogen) atoms. The van der Waals surface area contributed by atoms with Crippen molar-refractivity contribution in [1.29, 1.82) is 0 Å². The predicted molar refractivity (Wildman–Crippen MR) is 93.2 cm³/mol. The Bertz CT molecular complexity index is 444. The molecular weight excluding hydrogens is 288 g/mol. The van der Waals surface area contributed by atoms with Gasteiger partial charge in [-0.2, -0.15) is 0 Å². The Kier molecular flexibility index (Phi) is 8.12. The molecule has 1 aliphatic rings. The van der Waals surface area contributed by atoms with E-state index in [1.54, 1.807) is 0 Å². The molecule has 1 aromatic carbocycles. The van der Waals surface area contributed by atoms with Gasteiger partial charge in [-0.05, 0) is 37.8 Å². The molecule has 1 saturated heterocycles. The molecule has 128 valence electrons. The first kappa shape index (κ1) is 18.0. The molecule has 0 aliphatic carbocycles. The van der Waals surface area contributed by atoms with Crippen LogP contribution in [0.3, 0.4) is 0 Å². The quantitative estimate of drug-likeness (QED) is 0.675. The lowest BCUT2D eigenvalue weighted by Gasteiger charge is -2.28. The van der Waals surface area contributed by atoms with Crippen molar-refractivity contribution in [3.8, 4) is 0 Å². The van der Waals surface area contributed by atoms with Crippen LogP contribution in [0, 0.1) is 0 Å². The zero-order chi connectivity index (χ0) is 16.3. The SMILES string of the molecule is NCCCCCCC(=O)N(CCc1ccccc1)C1CCOC1. The van der Waals surface area contributed by atoms with Crippen molar-refractivity contribution in [2.45, 2.75) is 51.0 Å². The summed E-state index contributed by atoms with van der Waals surface area (Å²) in [5.74, 6) is 0.282. The topological polar surface area (TPSA) is 55.6 Å². The summed E-state index contributed by atoms with van der Waals surface area (Å²) < 4.78 is 5.49. The van der Waals surface area contributed by atoms with Gasteiger partial charge in [0, 0.05) is 19.6 Å². The second-order valence-corrected chi connectivity index (χ2v) is 6.29. The van der Waals surface area contributed by atoms with Gasteiger partial charge in [0.15, 0.2) is 0 Å². The maximum absolute atomic E-state index is 12.6. The van der Waals surface area contributed by atoms with Gasteiger partial charge in [0.05, 0.1) is 12.6 Å². The van der Waals surface area contributed by atoms with E-state index in [0.717, 1.165) is 58.2 Å². The Balaban J connectivity index is 1.82. The molecule has 2 rings (SSSR count). The van der Waals surface area contributed by atoms with Gasteiger partial charge in [0.2, 0.25) is 5.91 Å². The van der Waals surface area contributed by atoms with Crippen LogP contribution in [0.25, 0.3) is 0 Å². The van der Waals surface area contributed by atoms with E-state index in [4.69, 9.17) is 10.5 Å². The van der Waals surface area contributed by atoms with Gasteiger partial charge < -0.3 is 15.4 Å². The van der Waals surface area contributed by atoms with Crippen LogP contribution in [-0.2, 0) is 16.0 Å². The second kappa shape index (κ2) is 10.4. The van der Waals surface area contributed by atoms with Crippen molar-refractivity contribution in [2.75, 3.05) is 26.3 Å².